The highest BCUT2D eigenvalue weighted by molar-refractivity contribution is 5.60. The second-order valence-corrected chi connectivity index (χ2v) is 7.47. The van der Waals surface area contributed by atoms with Gasteiger partial charge < -0.3 is 19.7 Å². The Kier molecular flexibility index (Phi) is 2.51. The molecule has 4 nitrogen and oxygen atoms in total. The smallest absolute Gasteiger partial charge is 0.165 e. The summed E-state index contributed by atoms with van der Waals surface area (Å²) in [5.74, 6) is 2.61. The molecule has 1 aromatic carbocycles. The second-order valence-electron chi connectivity index (χ2n) is 7.47. The van der Waals surface area contributed by atoms with Crippen LogP contribution in [-0.4, -0.2) is 35.6 Å². The van der Waals surface area contributed by atoms with Crippen LogP contribution in [0.5, 0.6) is 11.5 Å². The minimum Gasteiger partial charge on any atom is -0.493 e. The van der Waals surface area contributed by atoms with Gasteiger partial charge in [-0.2, -0.15) is 0 Å². The van der Waals surface area contributed by atoms with Crippen LogP contribution in [0, 0.1) is 11.8 Å². The first-order valence-electron chi connectivity index (χ1n) is 8.40. The van der Waals surface area contributed by atoms with Crippen LogP contribution in [0.2, 0.25) is 0 Å². The minimum atomic E-state index is -0.807. The molecule has 4 heteroatoms. The summed E-state index contributed by atoms with van der Waals surface area (Å²) in [6, 6.07) is 4.16. The van der Waals surface area contributed by atoms with Gasteiger partial charge in [0.15, 0.2) is 11.5 Å². The van der Waals surface area contributed by atoms with Crippen LogP contribution in [-0.2, 0) is 11.8 Å². The van der Waals surface area contributed by atoms with E-state index in [1.807, 2.05) is 6.07 Å². The Morgan fingerprint density at radius 1 is 1.32 bits per heavy atom. The maximum atomic E-state index is 10.6. The highest BCUT2D eigenvalue weighted by atomic mass is 16.5. The summed E-state index contributed by atoms with van der Waals surface area (Å²) in [4.78, 5) is 0. The Morgan fingerprint density at radius 2 is 2.18 bits per heavy atom. The first kappa shape index (κ1) is 13.2. The second kappa shape index (κ2) is 4.18. The summed E-state index contributed by atoms with van der Waals surface area (Å²) >= 11 is 0. The summed E-state index contributed by atoms with van der Waals surface area (Å²) in [5.41, 5.74) is 2.53. The van der Waals surface area contributed by atoms with Crippen LogP contribution in [0.15, 0.2) is 12.1 Å². The Bertz CT molecular complexity index is 642. The van der Waals surface area contributed by atoms with Gasteiger partial charge in [-0.1, -0.05) is 12.5 Å². The fourth-order valence-corrected chi connectivity index (χ4v) is 5.97. The van der Waals surface area contributed by atoms with E-state index in [0.29, 0.717) is 18.3 Å². The van der Waals surface area contributed by atoms with Crippen molar-refractivity contribution in [2.24, 2.45) is 11.8 Å². The van der Waals surface area contributed by atoms with Gasteiger partial charge in [0, 0.05) is 11.0 Å². The molecule has 1 aromatic rings. The summed E-state index contributed by atoms with van der Waals surface area (Å²) in [5, 5.41) is 21.0. The van der Waals surface area contributed by atoms with Crippen molar-refractivity contribution in [3.05, 3.63) is 23.3 Å². The van der Waals surface area contributed by atoms with Crippen molar-refractivity contribution in [3.63, 3.8) is 0 Å². The molecule has 4 aliphatic rings. The molecular weight excluding hydrogens is 280 g/mol. The van der Waals surface area contributed by atoms with Crippen molar-refractivity contribution < 1.29 is 19.7 Å². The number of aliphatic hydroxyl groups excluding tert-OH is 2. The fourth-order valence-electron chi connectivity index (χ4n) is 5.97. The molecule has 118 valence electrons. The summed E-state index contributed by atoms with van der Waals surface area (Å²) in [6.45, 7) is 0. The molecular formula is C18H22O4. The normalized spacial score (nSPS) is 44.2. The predicted octanol–water partition coefficient (Wildman–Crippen LogP) is 1.79. The molecule has 2 fully saturated rings. The monoisotopic (exact) mass is 302 g/mol. The molecule has 22 heavy (non-hydrogen) atoms. The Labute approximate surface area is 130 Å². The van der Waals surface area contributed by atoms with Crippen molar-refractivity contribution >= 4 is 0 Å². The third-order valence-corrected chi connectivity index (χ3v) is 6.72. The average Bonchev–Trinajstić information content (AvgIpc) is 2.85. The molecule has 5 rings (SSSR count). The molecule has 2 saturated carbocycles. The van der Waals surface area contributed by atoms with Gasteiger partial charge in [0.2, 0.25) is 0 Å². The van der Waals surface area contributed by atoms with Crippen LogP contribution in [0.4, 0.5) is 0 Å². The molecule has 0 radical (unpaired) electrons. The van der Waals surface area contributed by atoms with E-state index in [9.17, 15) is 10.2 Å². The van der Waals surface area contributed by atoms with Crippen molar-refractivity contribution in [2.75, 3.05) is 7.11 Å². The fraction of sp³-hybridized carbons (Fsp3) is 0.667. The quantitative estimate of drug-likeness (QED) is 0.830. The highest BCUT2D eigenvalue weighted by Crippen LogP contribution is 2.65. The lowest BCUT2D eigenvalue weighted by molar-refractivity contribution is -0.143. The minimum absolute atomic E-state index is 0.112. The molecule has 1 heterocycles. The van der Waals surface area contributed by atoms with Gasteiger partial charge in [-0.15, -0.1) is 0 Å². The van der Waals surface area contributed by atoms with Crippen LogP contribution < -0.4 is 9.47 Å². The average molecular weight is 302 g/mol. The maximum absolute atomic E-state index is 10.6. The van der Waals surface area contributed by atoms with Gasteiger partial charge in [-0.3, -0.25) is 0 Å². The number of rotatable bonds is 1. The van der Waals surface area contributed by atoms with E-state index in [1.165, 1.54) is 24.0 Å². The van der Waals surface area contributed by atoms with Gasteiger partial charge in [-0.05, 0) is 49.1 Å². The lowest BCUT2D eigenvalue weighted by Gasteiger charge is -2.56. The number of benzene rings is 1. The lowest BCUT2D eigenvalue weighted by Crippen LogP contribution is -2.63. The Balaban J connectivity index is 1.79. The van der Waals surface area contributed by atoms with E-state index in [2.05, 4.69) is 6.07 Å². The SMILES string of the molecule is COc1ccc2c3c1O[C@H]1[C@@H](O)[C@H](O)C[C@H]4[C@H](CCC[C@@]341)C2. The number of hydrogen-bond acceptors (Lipinski definition) is 4. The highest BCUT2D eigenvalue weighted by Gasteiger charge is 2.66. The summed E-state index contributed by atoms with van der Waals surface area (Å²) < 4.78 is 11.8. The number of methoxy groups -OCH3 is 1. The number of ether oxygens (including phenoxy) is 2. The Morgan fingerprint density at radius 3 is 3.00 bits per heavy atom. The topological polar surface area (TPSA) is 58.9 Å². The predicted molar refractivity (Wildman–Crippen MR) is 80.3 cm³/mol. The van der Waals surface area contributed by atoms with Gasteiger partial charge in [0.05, 0.1) is 13.2 Å². The number of hydrogen-bond donors (Lipinski definition) is 2. The molecule has 6 atom stereocenters. The summed E-state index contributed by atoms with van der Waals surface area (Å²) in [7, 11) is 1.66. The van der Waals surface area contributed by atoms with Crippen molar-refractivity contribution in [1.82, 2.24) is 0 Å². The molecule has 1 spiro atoms. The van der Waals surface area contributed by atoms with E-state index in [0.717, 1.165) is 24.3 Å². The van der Waals surface area contributed by atoms with E-state index in [1.54, 1.807) is 7.11 Å². The van der Waals surface area contributed by atoms with E-state index in [4.69, 9.17) is 9.47 Å². The third-order valence-electron chi connectivity index (χ3n) is 6.72. The van der Waals surface area contributed by atoms with Crippen LogP contribution in [0.25, 0.3) is 0 Å². The van der Waals surface area contributed by atoms with Crippen LogP contribution in [0.3, 0.4) is 0 Å². The molecule has 0 unspecified atom stereocenters. The Hall–Kier alpha value is -1.26. The molecule has 1 aliphatic heterocycles. The largest absolute Gasteiger partial charge is 0.493 e. The molecule has 3 aliphatic carbocycles. The van der Waals surface area contributed by atoms with Crippen LogP contribution >= 0.6 is 0 Å². The van der Waals surface area contributed by atoms with Gasteiger partial charge in [0.25, 0.3) is 0 Å². The van der Waals surface area contributed by atoms with E-state index >= 15 is 0 Å². The lowest BCUT2D eigenvalue weighted by atomic mass is 9.48. The van der Waals surface area contributed by atoms with Crippen molar-refractivity contribution in [2.45, 2.75) is 55.8 Å². The van der Waals surface area contributed by atoms with E-state index in [-0.39, 0.29) is 11.5 Å². The van der Waals surface area contributed by atoms with Crippen molar-refractivity contribution in [3.8, 4) is 11.5 Å². The number of aliphatic hydroxyl groups is 2. The zero-order valence-corrected chi connectivity index (χ0v) is 12.8. The van der Waals surface area contributed by atoms with Gasteiger partial charge in [-0.25, -0.2) is 0 Å². The van der Waals surface area contributed by atoms with Crippen molar-refractivity contribution in [1.29, 1.82) is 0 Å². The zero-order valence-electron chi connectivity index (χ0n) is 12.8. The zero-order chi connectivity index (χ0) is 15.1. The molecule has 2 bridgehead atoms. The van der Waals surface area contributed by atoms with Crippen LogP contribution in [0.1, 0.15) is 36.8 Å². The van der Waals surface area contributed by atoms with Gasteiger partial charge >= 0.3 is 0 Å². The van der Waals surface area contributed by atoms with Gasteiger partial charge in [0.1, 0.15) is 12.2 Å². The summed E-state index contributed by atoms with van der Waals surface area (Å²) in [6.07, 6.45) is 3.41. The third kappa shape index (κ3) is 1.32. The molecule has 2 N–H and O–H groups in total. The first-order chi connectivity index (χ1) is 10.7. The molecule has 0 amide bonds. The first-order valence-corrected chi connectivity index (χ1v) is 8.40. The standard InChI is InChI=1S/C18H22O4/c1-21-13-5-4-10-7-9-3-2-6-18-11(9)8-12(19)15(20)17(18)22-16(13)14(10)18/h4-5,9,11-12,15,17,19-20H,2-3,6-8H2,1H3/t9-,11+,12-,15+,17+,18+/m1/s1. The van der Waals surface area contributed by atoms with E-state index < -0.39 is 12.2 Å². The molecule has 0 saturated heterocycles. The molecule has 0 aromatic heterocycles. The maximum Gasteiger partial charge on any atom is 0.165 e.